The molecule has 0 heterocycles. The number of nitro benzene ring substituents is 1. The molecule has 1 aliphatic carbocycles. The highest BCUT2D eigenvalue weighted by atomic mass is 16.6. The molecule has 5 nitrogen and oxygen atoms in total. The first-order valence-corrected chi connectivity index (χ1v) is 4.97. The number of aldehydes is 1. The molecule has 5 heteroatoms. The first kappa shape index (κ1) is 11.1. The van der Waals surface area contributed by atoms with Crippen molar-refractivity contribution in [2.45, 2.75) is 6.42 Å². The maximum Gasteiger partial charge on any atom is 0.312 e. The lowest BCUT2D eigenvalue weighted by molar-refractivity contribution is -0.385. The molecule has 0 saturated heterocycles. The molecule has 0 aliphatic heterocycles. The van der Waals surface area contributed by atoms with Gasteiger partial charge in [-0.15, -0.1) is 0 Å². The molecular weight excluding hydrogens is 222 g/mol. The van der Waals surface area contributed by atoms with E-state index in [9.17, 15) is 20.0 Å². The second kappa shape index (κ2) is 4.21. The summed E-state index contributed by atoms with van der Waals surface area (Å²) in [5.41, 5.74) is 0.850. The molecule has 1 aromatic carbocycles. The summed E-state index contributed by atoms with van der Waals surface area (Å²) in [5.74, 6) is -0.587. The van der Waals surface area contributed by atoms with Crippen molar-refractivity contribution < 1.29 is 14.8 Å². The highest BCUT2D eigenvalue weighted by molar-refractivity contribution is 5.87. The maximum absolute atomic E-state index is 10.7. The monoisotopic (exact) mass is 231 g/mol. The van der Waals surface area contributed by atoms with Crippen LogP contribution in [-0.4, -0.2) is 16.3 Å². The van der Waals surface area contributed by atoms with Gasteiger partial charge in [-0.05, 0) is 23.6 Å². The fourth-order valence-electron chi connectivity index (χ4n) is 1.71. The van der Waals surface area contributed by atoms with Gasteiger partial charge in [0, 0.05) is 6.07 Å². The van der Waals surface area contributed by atoms with E-state index in [0.717, 1.165) is 12.0 Å². The van der Waals surface area contributed by atoms with Gasteiger partial charge in [-0.1, -0.05) is 18.2 Å². The minimum absolute atomic E-state index is 0.0737. The summed E-state index contributed by atoms with van der Waals surface area (Å²) < 4.78 is 0. The van der Waals surface area contributed by atoms with Crippen LogP contribution in [0.4, 0.5) is 5.69 Å². The molecule has 1 aromatic rings. The zero-order valence-corrected chi connectivity index (χ0v) is 8.79. The molecule has 0 spiro atoms. The molecule has 17 heavy (non-hydrogen) atoms. The van der Waals surface area contributed by atoms with Crippen molar-refractivity contribution in [1.82, 2.24) is 0 Å². The Morgan fingerprint density at radius 1 is 1.41 bits per heavy atom. The number of benzene rings is 1. The molecule has 1 N–H and O–H groups in total. The van der Waals surface area contributed by atoms with Crippen molar-refractivity contribution >= 4 is 17.5 Å². The number of aromatic hydroxyl groups is 1. The fourth-order valence-corrected chi connectivity index (χ4v) is 1.71. The van der Waals surface area contributed by atoms with Crippen LogP contribution in [0.5, 0.6) is 5.75 Å². The summed E-state index contributed by atoms with van der Waals surface area (Å²) in [4.78, 5) is 20.8. The van der Waals surface area contributed by atoms with Crippen LogP contribution < -0.4 is 0 Å². The number of nitro groups is 1. The van der Waals surface area contributed by atoms with E-state index in [1.54, 1.807) is 0 Å². The number of carbonyl (C=O) groups excluding carboxylic acids is 1. The molecule has 0 atom stereocenters. The number of phenolic OH excluding ortho intramolecular Hbond substituents is 1. The van der Waals surface area contributed by atoms with E-state index in [-0.39, 0.29) is 5.56 Å². The Kier molecular flexibility index (Phi) is 2.74. The van der Waals surface area contributed by atoms with E-state index in [1.807, 2.05) is 18.2 Å². The van der Waals surface area contributed by atoms with E-state index in [4.69, 9.17) is 0 Å². The number of allylic oxidation sites excluding steroid dienone is 4. The third-order valence-electron chi connectivity index (χ3n) is 2.55. The largest absolute Gasteiger partial charge is 0.502 e. The zero-order valence-electron chi connectivity index (χ0n) is 8.79. The van der Waals surface area contributed by atoms with Gasteiger partial charge in [-0.25, -0.2) is 0 Å². The molecule has 0 amide bonds. The van der Waals surface area contributed by atoms with Crippen molar-refractivity contribution in [1.29, 1.82) is 0 Å². The van der Waals surface area contributed by atoms with Crippen molar-refractivity contribution in [3.05, 3.63) is 51.6 Å². The van der Waals surface area contributed by atoms with Crippen molar-refractivity contribution in [3.8, 4) is 5.75 Å². The predicted molar refractivity (Wildman–Crippen MR) is 61.9 cm³/mol. The number of hydrogen-bond donors (Lipinski definition) is 1. The number of hydrogen-bond acceptors (Lipinski definition) is 4. The average Bonchev–Trinajstić information content (AvgIpc) is 2.82. The Balaban J connectivity index is 2.62. The quantitative estimate of drug-likeness (QED) is 0.492. The highest BCUT2D eigenvalue weighted by Crippen LogP contribution is 2.34. The van der Waals surface area contributed by atoms with Crippen molar-refractivity contribution in [2.75, 3.05) is 0 Å². The van der Waals surface area contributed by atoms with Crippen LogP contribution in [0.15, 0.2) is 30.4 Å². The SMILES string of the molecule is O=Cc1cc(C2=CCC=C2)cc([N+](=O)[O-])c1O. The summed E-state index contributed by atoms with van der Waals surface area (Å²) in [6, 6.07) is 2.71. The molecule has 2 rings (SSSR count). The lowest BCUT2D eigenvalue weighted by atomic mass is 10.0. The van der Waals surface area contributed by atoms with E-state index >= 15 is 0 Å². The topological polar surface area (TPSA) is 80.4 Å². The maximum atomic E-state index is 10.7. The molecule has 0 bridgehead atoms. The Bertz CT molecular complexity index is 558. The molecular formula is C12H9NO4. The molecule has 0 saturated carbocycles. The van der Waals surface area contributed by atoms with E-state index < -0.39 is 16.4 Å². The number of nitrogens with zero attached hydrogens (tertiary/aromatic N) is 1. The third kappa shape index (κ3) is 1.94. The Morgan fingerprint density at radius 3 is 2.71 bits per heavy atom. The second-order valence-electron chi connectivity index (χ2n) is 3.61. The van der Waals surface area contributed by atoms with Crippen LogP contribution in [-0.2, 0) is 0 Å². The van der Waals surface area contributed by atoms with Crippen LogP contribution in [0.3, 0.4) is 0 Å². The molecule has 0 unspecified atom stereocenters. The van der Waals surface area contributed by atoms with Crippen LogP contribution in [0.2, 0.25) is 0 Å². The van der Waals surface area contributed by atoms with Crippen LogP contribution in [0.25, 0.3) is 5.57 Å². The van der Waals surface area contributed by atoms with Gasteiger partial charge in [0.2, 0.25) is 5.75 Å². The molecule has 1 aliphatic rings. The van der Waals surface area contributed by atoms with Crippen molar-refractivity contribution in [2.24, 2.45) is 0 Å². The van der Waals surface area contributed by atoms with Crippen molar-refractivity contribution in [3.63, 3.8) is 0 Å². The second-order valence-corrected chi connectivity index (χ2v) is 3.61. The third-order valence-corrected chi connectivity index (χ3v) is 2.55. The molecule has 0 aromatic heterocycles. The normalized spacial score (nSPS) is 13.5. The first-order valence-electron chi connectivity index (χ1n) is 4.97. The zero-order chi connectivity index (χ0) is 12.4. The minimum Gasteiger partial charge on any atom is -0.502 e. The highest BCUT2D eigenvalue weighted by Gasteiger charge is 2.19. The Labute approximate surface area is 96.8 Å². The number of carbonyl (C=O) groups is 1. The van der Waals surface area contributed by atoms with Gasteiger partial charge in [-0.3, -0.25) is 14.9 Å². The fraction of sp³-hybridized carbons (Fsp3) is 0.0833. The molecule has 86 valence electrons. The molecule has 0 fully saturated rings. The number of phenols is 1. The van der Waals surface area contributed by atoms with Crippen LogP contribution in [0.1, 0.15) is 22.3 Å². The molecule has 0 radical (unpaired) electrons. The summed E-state index contributed by atoms with van der Waals surface area (Å²) in [6.45, 7) is 0. The summed E-state index contributed by atoms with van der Waals surface area (Å²) in [6.07, 6.45) is 6.80. The standard InChI is InChI=1S/C12H9NO4/c14-7-10-5-9(8-3-1-2-4-8)6-11(12(10)15)13(16)17/h1,3-7,15H,2H2. The van der Waals surface area contributed by atoms with Gasteiger partial charge >= 0.3 is 5.69 Å². The average molecular weight is 231 g/mol. The van der Waals surface area contributed by atoms with Gasteiger partial charge in [-0.2, -0.15) is 0 Å². The first-order chi connectivity index (χ1) is 8.13. The van der Waals surface area contributed by atoms with Crippen LogP contribution in [0, 0.1) is 10.1 Å². The lowest BCUT2D eigenvalue weighted by Gasteiger charge is -2.04. The van der Waals surface area contributed by atoms with Gasteiger partial charge in [0.15, 0.2) is 6.29 Å². The van der Waals surface area contributed by atoms with Gasteiger partial charge in [0.1, 0.15) is 0 Å². The van der Waals surface area contributed by atoms with E-state index in [1.165, 1.54) is 12.1 Å². The Hall–Kier alpha value is -2.43. The summed E-state index contributed by atoms with van der Waals surface area (Å²) in [7, 11) is 0. The summed E-state index contributed by atoms with van der Waals surface area (Å²) >= 11 is 0. The lowest BCUT2D eigenvalue weighted by Crippen LogP contribution is -1.94. The summed E-state index contributed by atoms with van der Waals surface area (Å²) in [5, 5.41) is 20.3. The minimum atomic E-state index is -0.703. The van der Waals surface area contributed by atoms with Gasteiger partial charge in [0.05, 0.1) is 10.5 Å². The van der Waals surface area contributed by atoms with Gasteiger partial charge in [0.25, 0.3) is 0 Å². The van der Waals surface area contributed by atoms with Crippen LogP contribution >= 0.6 is 0 Å². The smallest absolute Gasteiger partial charge is 0.312 e. The number of rotatable bonds is 3. The Morgan fingerprint density at radius 2 is 2.18 bits per heavy atom. The predicted octanol–water partition coefficient (Wildman–Crippen LogP) is 2.46. The van der Waals surface area contributed by atoms with Gasteiger partial charge < -0.3 is 5.11 Å². The van der Waals surface area contributed by atoms with E-state index in [0.29, 0.717) is 11.8 Å². The van der Waals surface area contributed by atoms with E-state index in [2.05, 4.69) is 0 Å².